The minimum absolute atomic E-state index is 0.520. The zero-order valence-corrected chi connectivity index (χ0v) is 11.3. The van der Waals surface area contributed by atoms with Crippen molar-refractivity contribution in [1.82, 2.24) is 4.98 Å². The van der Waals surface area contributed by atoms with Gasteiger partial charge >= 0.3 is 0 Å². The number of pyridine rings is 1. The zero-order valence-electron chi connectivity index (χ0n) is 11.3. The summed E-state index contributed by atoms with van der Waals surface area (Å²) in [4.78, 5) is 4.07. The van der Waals surface area contributed by atoms with E-state index in [1.54, 1.807) is 13.1 Å². The largest absolute Gasteiger partial charge is 0.493 e. The van der Waals surface area contributed by atoms with E-state index >= 15 is 0 Å². The van der Waals surface area contributed by atoms with Crippen molar-refractivity contribution in [3.63, 3.8) is 0 Å². The van der Waals surface area contributed by atoms with Crippen molar-refractivity contribution in [3.8, 4) is 5.75 Å². The van der Waals surface area contributed by atoms with Gasteiger partial charge in [0.1, 0.15) is 5.75 Å². The maximum Gasteiger partial charge on any atom is 0.125 e. The van der Waals surface area contributed by atoms with Gasteiger partial charge in [-0.2, -0.15) is 0 Å². The van der Waals surface area contributed by atoms with E-state index in [0.717, 1.165) is 28.9 Å². The van der Waals surface area contributed by atoms with Gasteiger partial charge in [0.15, 0.2) is 0 Å². The number of aryl methyl sites for hydroxylation is 1. The highest BCUT2D eigenvalue weighted by Gasteiger charge is 2.09. The van der Waals surface area contributed by atoms with Gasteiger partial charge in [-0.1, -0.05) is 17.7 Å². The molecule has 1 unspecified atom stereocenters. The highest BCUT2D eigenvalue weighted by Crippen LogP contribution is 2.26. The summed E-state index contributed by atoms with van der Waals surface area (Å²) in [6.07, 6.45) is 3.89. The monoisotopic (exact) mass is 257 g/mol. The molecule has 0 radical (unpaired) electrons. The van der Waals surface area contributed by atoms with Gasteiger partial charge in [-0.3, -0.25) is 4.98 Å². The van der Waals surface area contributed by atoms with Crippen LogP contribution in [0.5, 0.6) is 5.75 Å². The maximum absolute atomic E-state index is 9.76. The Balaban J connectivity index is 2.00. The normalized spacial score (nSPS) is 12.2. The van der Waals surface area contributed by atoms with Crippen LogP contribution in [0.3, 0.4) is 0 Å². The summed E-state index contributed by atoms with van der Waals surface area (Å²) in [6.45, 7) is 4.34. The molecule has 0 aliphatic carbocycles. The summed E-state index contributed by atoms with van der Waals surface area (Å²) in [5, 5.41) is 9.76. The molecule has 0 fully saturated rings. The number of aromatic nitrogens is 1. The van der Waals surface area contributed by atoms with Crippen LogP contribution in [0.2, 0.25) is 0 Å². The van der Waals surface area contributed by atoms with Crippen LogP contribution < -0.4 is 4.74 Å². The van der Waals surface area contributed by atoms with Gasteiger partial charge in [0.2, 0.25) is 0 Å². The molecule has 1 aromatic carbocycles. The fourth-order valence-corrected chi connectivity index (χ4v) is 1.95. The molecule has 1 aromatic heterocycles. The molecule has 1 N–H and O–H groups in total. The molecule has 0 aliphatic heterocycles. The smallest absolute Gasteiger partial charge is 0.125 e. The molecular weight excluding hydrogens is 238 g/mol. The molecule has 1 atom stereocenters. The average molecular weight is 257 g/mol. The standard InChI is InChI=1S/C16H19NO2/c1-12-5-6-16(15(10-12)13(2)18)19-9-7-14-4-3-8-17-11-14/h3-6,8,10-11,13,18H,7,9H2,1-2H3. The molecule has 19 heavy (non-hydrogen) atoms. The van der Waals surface area contributed by atoms with Crippen molar-refractivity contribution >= 4 is 0 Å². The molecular formula is C16H19NO2. The summed E-state index contributed by atoms with van der Waals surface area (Å²) < 4.78 is 5.77. The van der Waals surface area contributed by atoms with E-state index in [0.29, 0.717) is 6.61 Å². The number of hydrogen-bond donors (Lipinski definition) is 1. The Morgan fingerprint density at radius 2 is 2.16 bits per heavy atom. The summed E-state index contributed by atoms with van der Waals surface area (Å²) >= 11 is 0. The molecule has 2 aromatic rings. The van der Waals surface area contributed by atoms with Crippen LogP contribution in [0.4, 0.5) is 0 Å². The van der Waals surface area contributed by atoms with Crippen molar-refractivity contribution in [3.05, 3.63) is 59.4 Å². The van der Waals surface area contributed by atoms with Gasteiger partial charge in [-0.15, -0.1) is 0 Å². The van der Waals surface area contributed by atoms with E-state index in [4.69, 9.17) is 4.74 Å². The third-order valence-electron chi connectivity index (χ3n) is 2.99. The van der Waals surface area contributed by atoms with Crippen molar-refractivity contribution in [1.29, 1.82) is 0 Å². The topological polar surface area (TPSA) is 42.4 Å². The molecule has 0 amide bonds. The van der Waals surface area contributed by atoms with Crippen molar-refractivity contribution < 1.29 is 9.84 Å². The summed E-state index contributed by atoms with van der Waals surface area (Å²) in [5.74, 6) is 0.754. The van der Waals surface area contributed by atoms with E-state index in [1.807, 2.05) is 43.5 Å². The van der Waals surface area contributed by atoms with Crippen molar-refractivity contribution in [2.75, 3.05) is 6.61 Å². The molecule has 3 nitrogen and oxygen atoms in total. The quantitative estimate of drug-likeness (QED) is 0.895. The van der Waals surface area contributed by atoms with Gasteiger partial charge in [-0.05, 0) is 37.6 Å². The minimum Gasteiger partial charge on any atom is -0.493 e. The number of aliphatic hydroxyl groups excluding tert-OH is 1. The van der Waals surface area contributed by atoms with Crippen LogP contribution in [-0.2, 0) is 6.42 Å². The summed E-state index contributed by atoms with van der Waals surface area (Å²) in [6, 6.07) is 9.82. The molecule has 0 saturated carbocycles. The van der Waals surface area contributed by atoms with Crippen LogP contribution >= 0.6 is 0 Å². The Morgan fingerprint density at radius 3 is 2.84 bits per heavy atom. The van der Waals surface area contributed by atoms with Gasteiger partial charge in [0.25, 0.3) is 0 Å². The number of aliphatic hydroxyl groups is 1. The van der Waals surface area contributed by atoms with Crippen molar-refractivity contribution in [2.24, 2.45) is 0 Å². The lowest BCUT2D eigenvalue weighted by molar-refractivity contribution is 0.191. The number of rotatable bonds is 5. The van der Waals surface area contributed by atoms with Crippen LogP contribution in [0, 0.1) is 6.92 Å². The Kier molecular flexibility index (Phi) is 4.53. The summed E-state index contributed by atoms with van der Waals surface area (Å²) in [5.41, 5.74) is 3.11. The van der Waals surface area contributed by atoms with E-state index < -0.39 is 6.10 Å². The van der Waals surface area contributed by atoms with Gasteiger partial charge in [-0.25, -0.2) is 0 Å². The highest BCUT2D eigenvalue weighted by molar-refractivity contribution is 5.38. The average Bonchev–Trinajstić information content (AvgIpc) is 2.41. The maximum atomic E-state index is 9.76. The lowest BCUT2D eigenvalue weighted by Crippen LogP contribution is -2.05. The minimum atomic E-state index is -0.520. The van der Waals surface area contributed by atoms with Gasteiger partial charge < -0.3 is 9.84 Å². The summed E-state index contributed by atoms with van der Waals surface area (Å²) in [7, 11) is 0. The number of hydrogen-bond acceptors (Lipinski definition) is 3. The molecule has 0 bridgehead atoms. The third-order valence-corrected chi connectivity index (χ3v) is 2.99. The second-order valence-electron chi connectivity index (χ2n) is 4.68. The molecule has 100 valence electrons. The molecule has 1 heterocycles. The van der Waals surface area contributed by atoms with E-state index in [2.05, 4.69) is 4.98 Å². The second-order valence-corrected chi connectivity index (χ2v) is 4.68. The Morgan fingerprint density at radius 1 is 1.32 bits per heavy atom. The number of nitrogens with zero attached hydrogens (tertiary/aromatic N) is 1. The van der Waals surface area contributed by atoms with Crippen LogP contribution in [0.15, 0.2) is 42.7 Å². The van der Waals surface area contributed by atoms with Gasteiger partial charge in [0, 0.05) is 24.4 Å². The zero-order chi connectivity index (χ0) is 13.7. The number of benzene rings is 1. The fraction of sp³-hybridized carbons (Fsp3) is 0.312. The van der Waals surface area contributed by atoms with Crippen LogP contribution in [0.1, 0.15) is 29.7 Å². The lowest BCUT2D eigenvalue weighted by Gasteiger charge is -2.14. The SMILES string of the molecule is Cc1ccc(OCCc2cccnc2)c(C(C)O)c1. The van der Waals surface area contributed by atoms with Crippen LogP contribution in [0.25, 0.3) is 0 Å². The number of ether oxygens (including phenoxy) is 1. The predicted molar refractivity (Wildman–Crippen MR) is 75.2 cm³/mol. The van der Waals surface area contributed by atoms with Crippen molar-refractivity contribution in [2.45, 2.75) is 26.4 Å². The molecule has 3 heteroatoms. The first-order valence-corrected chi connectivity index (χ1v) is 6.47. The molecule has 0 spiro atoms. The second kappa shape index (κ2) is 6.34. The molecule has 0 aliphatic rings. The Bertz CT molecular complexity index is 524. The molecule has 2 rings (SSSR count). The van der Waals surface area contributed by atoms with E-state index in [-0.39, 0.29) is 0 Å². The lowest BCUT2D eigenvalue weighted by atomic mass is 10.1. The first-order chi connectivity index (χ1) is 9.16. The Hall–Kier alpha value is -1.87. The highest BCUT2D eigenvalue weighted by atomic mass is 16.5. The third kappa shape index (κ3) is 3.80. The van der Waals surface area contributed by atoms with Crippen LogP contribution in [-0.4, -0.2) is 16.7 Å². The molecule has 0 saturated heterocycles. The van der Waals surface area contributed by atoms with E-state index in [9.17, 15) is 5.11 Å². The fourth-order valence-electron chi connectivity index (χ4n) is 1.95. The predicted octanol–water partition coefficient (Wildman–Crippen LogP) is 3.06. The van der Waals surface area contributed by atoms with E-state index in [1.165, 1.54) is 0 Å². The first kappa shape index (κ1) is 13.6. The Labute approximate surface area is 113 Å². The first-order valence-electron chi connectivity index (χ1n) is 6.47. The van der Waals surface area contributed by atoms with Gasteiger partial charge in [0.05, 0.1) is 12.7 Å².